The lowest BCUT2D eigenvalue weighted by atomic mass is 10.1. The lowest BCUT2D eigenvalue weighted by Gasteiger charge is -2.15. The van der Waals surface area contributed by atoms with E-state index in [1.165, 1.54) is 0 Å². The summed E-state index contributed by atoms with van der Waals surface area (Å²) in [6, 6.07) is 17.0. The summed E-state index contributed by atoms with van der Waals surface area (Å²) in [7, 11) is 3.14. The molecule has 25 heavy (non-hydrogen) atoms. The Morgan fingerprint density at radius 2 is 1.72 bits per heavy atom. The molecule has 0 atom stereocenters. The van der Waals surface area contributed by atoms with E-state index < -0.39 is 12.4 Å². The molecule has 0 aromatic heterocycles. The van der Waals surface area contributed by atoms with Crippen molar-refractivity contribution in [2.24, 2.45) is 0 Å². The topological polar surface area (TPSA) is 56.8 Å². The molecule has 2 aromatic carbocycles. The SMILES string of the molecule is COC(OC)c1ccccc1C#CCNC(=O)OCc1ccccc1. The van der Waals surface area contributed by atoms with E-state index in [-0.39, 0.29) is 13.2 Å². The first-order valence-electron chi connectivity index (χ1n) is 7.82. The summed E-state index contributed by atoms with van der Waals surface area (Å²) in [5.41, 5.74) is 2.56. The molecule has 0 radical (unpaired) electrons. The first-order chi connectivity index (χ1) is 12.2. The van der Waals surface area contributed by atoms with Gasteiger partial charge >= 0.3 is 6.09 Å². The fourth-order valence-corrected chi connectivity index (χ4v) is 2.20. The third kappa shape index (κ3) is 5.96. The standard InChI is InChI=1S/C20H21NO4/c1-23-19(24-2)18-13-7-6-11-17(18)12-8-14-21-20(22)25-15-16-9-4-3-5-10-16/h3-7,9-11,13,19H,14-15H2,1-2H3,(H,21,22). The number of rotatable bonds is 6. The summed E-state index contributed by atoms with van der Waals surface area (Å²) in [6.45, 7) is 0.416. The van der Waals surface area contributed by atoms with Crippen molar-refractivity contribution in [3.63, 3.8) is 0 Å². The highest BCUT2D eigenvalue weighted by atomic mass is 16.7. The largest absolute Gasteiger partial charge is 0.445 e. The highest BCUT2D eigenvalue weighted by Gasteiger charge is 2.11. The molecule has 2 rings (SSSR count). The molecule has 0 spiro atoms. The van der Waals surface area contributed by atoms with E-state index in [2.05, 4.69) is 17.2 Å². The fourth-order valence-electron chi connectivity index (χ4n) is 2.20. The van der Waals surface area contributed by atoms with Gasteiger partial charge < -0.3 is 19.5 Å². The Kier molecular flexibility index (Phi) is 7.51. The van der Waals surface area contributed by atoms with Gasteiger partial charge in [0.25, 0.3) is 0 Å². The first kappa shape index (κ1) is 18.5. The van der Waals surface area contributed by atoms with Gasteiger partial charge in [-0.2, -0.15) is 0 Å². The Morgan fingerprint density at radius 1 is 1.04 bits per heavy atom. The summed E-state index contributed by atoms with van der Waals surface area (Å²) in [5.74, 6) is 5.91. The summed E-state index contributed by atoms with van der Waals surface area (Å²) in [6.07, 6.45) is -0.979. The molecule has 2 aromatic rings. The second-order valence-electron chi connectivity index (χ2n) is 5.11. The van der Waals surface area contributed by atoms with Crippen LogP contribution in [0.15, 0.2) is 54.6 Å². The van der Waals surface area contributed by atoms with Crippen LogP contribution in [0.5, 0.6) is 0 Å². The lowest BCUT2D eigenvalue weighted by molar-refractivity contribution is -0.106. The molecule has 1 amide bonds. The molecular weight excluding hydrogens is 318 g/mol. The van der Waals surface area contributed by atoms with Crippen LogP contribution in [0.2, 0.25) is 0 Å². The van der Waals surface area contributed by atoms with Crippen LogP contribution in [0, 0.1) is 11.8 Å². The van der Waals surface area contributed by atoms with Crippen molar-refractivity contribution in [2.75, 3.05) is 20.8 Å². The number of amides is 1. The van der Waals surface area contributed by atoms with E-state index in [0.29, 0.717) is 0 Å². The third-order valence-electron chi connectivity index (χ3n) is 3.40. The van der Waals surface area contributed by atoms with Gasteiger partial charge in [-0.25, -0.2) is 4.79 Å². The summed E-state index contributed by atoms with van der Waals surface area (Å²) >= 11 is 0. The van der Waals surface area contributed by atoms with E-state index in [4.69, 9.17) is 14.2 Å². The van der Waals surface area contributed by atoms with Gasteiger partial charge in [-0.3, -0.25) is 0 Å². The third-order valence-corrected chi connectivity index (χ3v) is 3.40. The molecule has 0 saturated carbocycles. The minimum absolute atomic E-state index is 0.187. The predicted molar refractivity (Wildman–Crippen MR) is 94.7 cm³/mol. The second-order valence-corrected chi connectivity index (χ2v) is 5.11. The number of carbonyl (C=O) groups is 1. The minimum Gasteiger partial charge on any atom is -0.445 e. The van der Waals surface area contributed by atoms with Crippen LogP contribution in [0.3, 0.4) is 0 Å². The van der Waals surface area contributed by atoms with E-state index >= 15 is 0 Å². The van der Waals surface area contributed by atoms with Crippen molar-refractivity contribution in [3.8, 4) is 11.8 Å². The van der Waals surface area contributed by atoms with Crippen LogP contribution < -0.4 is 5.32 Å². The van der Waals surface area contributed by atoms with E-state index in [1.807, 2.05) is 54.6 Å². The molecule has 0 fully saturated rings. The molecule has 0 saturated heterocycles. The normalized spacial score (nSPS) is 10.0. The maximum Gasteiger partial charge on any atom is 0.408 e. The molecular formula is C20H21NO4. The number of methoxy groups -OCH3 is 2. The molecule has 1 N–H and O–H groups in total. The Balaban J connectivity index is 1.85. The summed E-state index contributed by atoms with van der Waals surface area (Å²) < 4.78 is 15.6. The highest BCUT2D eigenvalue weighted by Crippen LogP contribution is 2.20. The van der Waals surface area contributed by atoms with Gasteiger partial charge in [-0.05, 0) is 11.6 Å². The van der Waals surface area contributed by atoms with E-state index in [0.717, 1.165) is 16.7 Å². The van der Waals surface area contributed by atoms with E-state index in [9.17, 15) is 4.79 Å². The van der Waals surface area contributed by atoms with Crippen LogP contribution >= 0.6 is 0 Å². The van der Waals surface area contributed by atoms with Crippen LogP contribution in [0.4, 0.5) is 4.79 Å². The molecule has 5 nitrogen and oxygen atoms in total. The Morgan fingerprint density at radius 3 is 2.44 bits per heavy atom. The van der Waals surface area contributed by atoms with E-state index in [1.54, 1.807) is 14.2 Å². The number of alkyl carbamates (subject to hydrolysis) is 1. The fraction of sp³-hybridized carbons (Fsp3) is 0.250. The second kappa shape index (κ2) is 10.1. The van der Waals surface area contributed by atoms with Gasteiger partial charge in [0.15, 0.2) is 6.29 Å². The molecule has 0 bridgehead atoms. The number of carbonyl (C=O) groups excluding carboxylic acids is 1. The predicted octanol–water partition coefficient (Wildman–Crippen LogP) is 3.26. The highest BCUT2D eigenvalue weighted by molar-refractivity contribution is 5.67. The quantitative estimate of drug-likeness (QED) is 0.648. The van der Waals surface area contributed by atoms with Crippen molar-refractivity contribution in [1.82, 2.24) is 5.32 Å². The summed E-state index contributed by atoms with van der Waals surface area (Å²) in [4.78, 5) is 11.7. The maximum absolute atomic E-state index is 11.7. The van der Waals surface area contributed by atoms with Crippen LogP contribution in [0.25, 0.3) is 0 Å². The van der Waals surface area contributed by atoms with Crippen LogP contribution in [-0.4, -0.2) is 26.9 Å². The number of ether oxygens (including phenoxy) is 3. The Hall–Kier alpha value is -2.81. The van der Waals surface area contributed by atoms with Gasteiger partial charge in [0.05, 0.1) is 6.54 Å². The molecule has 0 heterocycles. The number of benzene rings is 2. The van der Waals surface area contributed by atoms with Crippen molar-refractivity contribution in [1.29, 1.82) is 0 Å². The Labute approximate surface area is 147 Å². The molecule has 0 aliphatic heterocycles. The molecule has 0 aliphatic rings. The zero-order chi connectivity index (χ0) is 17.9. The molecule has 0 unspecified atom stereocenters. The number of nitrogens with one attached hydrogen (secondary N) is 1. The first-order valence-corrected chi connectivity index (χ1v) is 7.82. The Bertz CT molecular complexity index is 730. The molecule has 5 heteroatoms. The zero-order valence-corrected chi connectivity index (χ0v) is 14.3. The molecule has 130 valence electrons. The van der Waals surface area contributed by atoms with Crippen molar-refractivity contribution in [3.05, 3.63) is 71.3 Å². The smallest absolute Gasteiger partial charge is 0.408 e. The van der Waals surface area contributed by atoms with Gasteiger partial charge in [-0.15, -0.1) is 0 Å². The lowest BCUT2D eigenvalue weighted by Crippen LogP contribution is -2.24. The van der Waals surface area contributed by atoms with Gasteiger partial charge in [0.1, 0.15) is 6.61 Å². The van der Waals surface area contributed by atoms with Crippen molar-refractivity contribution >= 4 is 6.09 Å². The molecule has 0 aliphatic carbocycles. The van der Waals surface area contributed by atoms with Crippen molar-refractivity contribution < 1.29 is 19.0 Å². The monoisotopic (exact) mass is 339 g/mol. The van der Waals surface area contributed by atoms with Gasteiger partial charge in [-0.1, -0.05) is 60.4 Å². The van der Waals surface area contributed by atoms with Crippen molar-refractivity contribution in [2.45, 2.75) is 12.9 Å². The maximum atomic E-state index is 11.7. The average molecular weight is 339 g/mol. The minimum atomic E-state index is -0.502. The summed E-state index contributed by atoms with van der Waals surface area (Å²) in [5, 5.41) is 2.60. The van der Waals surface area contributed by atoms with Crippen LogP contribution in [-0.2, 0) is 20.8 Å². The number of hydrogen-bond donors (Lipinski definition) is 1. The zero-order valence-electron chi connectivity index (χ0n) is 14.3. The van der Waals surface area contributed by atoms with Crippen LogP contribution in [0.1, 0.15) is 23.0 Å². The number of hydrogen-bond acceptors (Lipinski definition) is 4. The average Bonchev–Trinajstić information content (AvgIpc) is 2.66. The van der Waals surface area contributed by atoms with Gasteiger partial charge in [0.2, 0.25) is 0 Å². The van der Waals surface area contributed by atoms with Gasteiger partial charge in [0, 0.05) is 25.3 Å².